The van der Waals surface area contributed by atoms with E-state index < -0.39 is 46.4 Å². The lowest BCUT2D eigenvalue weighted by Crippen LogP contribution is -2.47. The largest absolute Gasteiger partial charge is 0.416 e. The number of hydrogen-bond acceptors (Lipinski definition) is 5. The Bertz CT molecular complexity index is 1220. The van der Waals surface area contributed by atoms with Gasteiger partial charge in [0.2, 0.25) is 0 Å². The predicted octanol–water partition coefficient (Wildman–Crippen LogP) is 3.52. The summed E-state index contributed by atoms with van der Waals surface area (Å²) in [5, 5.41) is 2.41. The van der Waals surface area contributed by atoms with E-state index in [9.17, 15) is 31.5 Å². The Labute approximate surface area is 220 Å². The second kappa shape index (κ2) is 11.0. The average molecular weight is 561 g/mol. The zero-order valence-corrected chi connectivity index (χ0v) is 21.4. The van der Waals surface area contributed by atoms with Crippen molar-refractivity contribution >= 4 is 35.0 Å². The van der Waals surface area contributed by atoms with Gasteiger partial charge in [-0.05, 0) is 31.2 Å². The summed E-state index contributed by atoms with van der Waals surface area (Å²) in [6.45, 7) is 4.98. The number of carbonyl (C=O) groups excluding carboxylic acids is 2. The number of alkyl halides is 3. The molecule has 0 spiro atoms. The number of nitrogens with one attached hydrogen (secondary N) is 1. The number of likely N-dealkylation sites (N-methyl/N-ethyl adjacent to an activating group) is 1. The molecule has 3 amide bonds. The van der Waals surface area contributed by atoms with Crippen molar-refractivity contribution in [2.24, 2.45) is 0 Å². The zero-order valence-electron chi connectivity index (χ0n) is 20.7. The number of pyridine rings is 1. The normalized spacial score (nSPS) is 18.8. The van der Waals surface area contributed by atoms with Crippen molar-refractivity contribution < 1.29 is 31.5 Å². The molecule has 2 aromatic rings. The number of halogens is 6. The van der Waals surface area contributed by atoms with Crippen LogP contribution in [0.15, 0.2) is 24.3 Å². The fourth-order valence-electron chi connectivity index (χ4n) is 4.54. The summed E-state index contributed by atoms with van der Waals surface area (Å²) in [6, 6.07) is 1.43. The van der Waals surface area contributed by atoms with Gasteiger partial charge in [-0.1, -0.05) is 11.6 Å². The van der Waals surface area contributed by atoms with E-state index in [2.05, 4.69) is 15.2 Å². The van der Waals surface area contributed by atoms with Gasteiger partial charge in [0.1, 0.15) is 22.7 Å². The molecule has 1 N–H and O–H groups in total. The lowest BCUT2D eigenvalue weighted by molar-refractivity contribution is -0.137. The quantitative estimate of drug-likeness (QED) is 0.432. The number of carbonyl (C=O) groups is 2. The van der Waals surface area contributed by atoms with Crippen LogP contribution in [0.3, 0.4) is 0 Å². The summed E-state index contributed by atoms with van der Waals surface area (Å²) >= 11 is 5.67. The van der Waals surface area contributed by atoms with Gasteiger partial charge in [-0.15, -0.1) is 0 Å². The molecule has 0 radical (unpaired) electrons. The molecular formula is C24H26ClF5N6O2. The molecule has 2 saturated heterocycles. The van der Waals surface area contributed by atoms with Crippen LogP contribution in [-0.4, -0.2) is 85.6 Å². The minimum absolute atomic E-state index is 0.00203. The van der Waals surface area contributed by atoms with Crippen LogP contribution < -0.4 is 15.1 Å². The summed E-state index contributed by atoms with van der Waals surface area (Å²) < 4.78 is 69.0. The highest BCUT2D eigenvalue weighted by Gasteiger charge is 2.45. The highest BCUT2D eigenvalue weighted by atomic mass is 35.5. The van der Waals surface area contributed by atoms with Crippen molar-refractivity contribution in [3.05, 3.63) is 52.2 Å². The monoisotopic (exact) mass is 560 g/mol. The Morgan fingerprint density at radius 3 is 2.53 bits per heavy atom. The SMILES string of the molecule is Cc1cc(C(F)(F)F)cc(N2C(=O)N(CCN3CCNCC3)CC2C(=O)N(C)c2ccc(F)c(Cl)c2F)n1. The van der Waals surface area contributed by atoms with Gasteiger partial charge in [-0.2, -0.15) is 13.2 Å². The lowest BCUT2D eigenvalue weighted by atomic mass is 10.1. The van der Waals surface area contributed by atoms with Crippen LogP contribution in [0.1, 0.15) is 11.3 Å². The van der Waals surface area contributed by atoms with E-state index in [4.69, 9.17) is 11.6 Å². The molecule has 2 aliphatic rings. The van der Waals surface area contributed by atoms with Gasteiger partial charge in [0.05, 0.1) is 17.8 Å². The number of rotatable bonds is 6. The maximum absolute atomic E-state index is 14.7. The van der Waals surface area contributed by atoms with Gasteiger partial charge in [0.25, 0.3) is 5.91 Å². The van der Waals surface area contributed by atoms with E-state index >= 15 is 0 Å². The summed E-state index contributed by atoms with van der Waals surface area (Å²) in [6.07, 6.45) is -4.71. The zero-order chi connectivity index (χ0) is 27.8. The van der Waals surface area contributed by atoms with Gasteiger partial charge in [0, 0.05) is 52.0 Å². The Morgan fingerprint density at radius 1 is 1.18 bits per heavy atom. The number of benzene rings is 1. The van der Waals surface area contributed by atoms with E-state index in [0.717, 1.165) is 54.2 Å². The minimum Gasteiger partial charge on any atom is -0.320 e. The topological polar surface area (TPSA) is 72.0 Å². The molecule has 0 saturated carbocycles. The first-order valence-electron chi connectivity index (χ1n) is 11.9. The van der Waals surface area contributed by atoms with Gasteiger partial charge >= 0.3 is 12.2 Å². The number of amides is 3. The molecule has 14 heteroatoms. The molecule has 3 heterocycles. The van der Waals surface area contributed by atoms with Crippen molar-refractivity contribution in [1.29, 1.82) is 0 Å². The predicted molar refractivity (Wildman–Crippen MR) is 131 cm³/mol. The molecule has 0 aliphatic carbocycles. The first kappa shape index (κ1) is 28.0. The van der Waals surface area contributed by atoms with Crippen LogP contribution in [0, 0.1) is 18.6 Å². The molecule has 1 aromatic carbocycles. The standard InChI is InChI=1S/C24H26ClF5N6O2/c1-14-11-15(24(28,29)30)12-19(32-14)36-18(13-35(23(36)38)10-9-34-7-5-31-6-8-34)22(37)33(2)17-4-3-16(26)20(25)21(17)27/h3-4,11-12,18,31H,5-10,13H2,1-2H3. The Kier molecular flexibility index (Phi) is 8.09. The third kappa shape index (κ3) is 5.69. The highest BCUT2D eigenvalue weighted by molar-refractivity contribution is 6.31. The Hall–Kier alpha value is -3.03. The second-order valence-corrected chi connectivity index (χ2v) is 9.53. The summed E-state index contributed by atoms with van der Waals surface area (Å²) in [5.41, 5.74) is -1.37. The molecule has 38 heavy (non-hydrogen) atoms. The van der Waals surface area contributed by atoms with Gasteiger partial charge in [-0.3, -0.25) is 14.6 Å². The van der Waals surface area contributed by atoms with E-state index in [1.807, 2.05) is 0 Å². The van der Waals surface area contributed by atoms with Crippen molar-refractivity contribution in [3.63, 3.8) is 0 Å². The molecule has 8 nitrogen and oxygen atoms in total. The number of hydrogen-bond donors (Lipinski definition) is 1. The summed E-state index contributed by atoms with van der Waals surface area (Å²) in [4.78, 5) is 36.4. The molecule has 2 fully saturated rings. The van der Waals surface area contributed by atoms with E-state index in [1.165, 1.54) is 18.9 Å². The molecule has 0 bridgehead atoms. The first-order chi connectivity index (χ1) is 17.9. The highest BCUT2D eigenvalue weighted by Crippen LogP contribution is 2.34. The molecular weight excluding hydrogens is 535 g/mol. The average Bonchev–Trinajstić information content (AvgIpc) is 3.21. The van der Waals surface area contributed by atoms with Crippen molar-refractivity contribution in [1.82, 2.24) is 20.1 Å². The molecule has 1 unspecified atom stereocenters. The van der Waals surface area contributed by atoms with Crippen molar-refractivity contribution in [2.45, 2.75) is 19.1 Å². The third-order valence-electron chi connectivity index (χ3n) is 6.58. The second-order valence-electron chi connectivity index (χ2n) is 9.15. The maximum Gasteiger partial charge on any atom is 0.416 e. The summed E-state index contributed by atoms with van der Waals surface area (Å²) in [7, 11) is 1.21. The molecule has 4 rings (SSSR count). The van der Waals surface area contributed by atoms with Crippen molar-refractivity contribution in [2.75, 3.05) is 62.7 Å². The fraction of sp³-hybridized carbons (Fsp3) is 0.458. The lowest BCUT2D eigenvalue weighted by Gasteiger charge is -2.28. The minimum atomic E-state index is -4.71. The van der Waals surface area contributed by atoms with Gasteiger partial charge < -0.3 is 15.1 Å². The number of nitrogens with zero attached hydrogens (tertiary/aromatic N) is 5. The van der Waals surface area contributed by atoms with Gasteiger partial charge in [-0.25, -0.2) is 18.6 Å². The van der Waals surface area contributed by atoms with Gasteiger partial charge in [0.15, 0.2) is 5.82 Å². The number of anilines is 2. The van der Waals surface area contributed by atoms with E-state index in [-0.39, 0.29) is 30.3 Å². The van der Waals surface area contributed by atoms with Crippen LogP contribution in [0.25, 0.3) is 0 Å². The smallest absolute Gasteiger partial charge is 0.320 e. The number of piperazine rings is 1. The molecule has 1 aromatic heterocycles. The maximum atomic E-state index is 14.7. The van der Waals surface area contributed by atoms with E-state index in [0.29, 0.717) is 12.6 Å². The Balaban J connectivity index is 1.68. The van der Waals surface area contributed by atoms with Crippen LogP contribution in [0.4, 0.5) is 38.3 Å². The first-order valence-corrected chi connectivity index (χ1v) is 12.2. The molecule has 1 atom stereocenters. The Morgan fingerprint density at radius 2 is 1.87 bits per heavy atom. The summed E-state index contributed by atoms with van der Waals surface area (Å²) in [5.74, 6) is -3.35. The molecule has 206 valence electrons. The van der Waals surface area contributed by atoms with Crippen LogP contribution >= 0.6 is 11.6 Å². The van der Waals surface area contributed by atoms with E-state index in [1.54, 1.807) is 0 Å². The number of aryl methyl sites for hydroxylation is 1. The van der Waals surface area contributed by atoms with Crippen LogP contribution in [-0.2, 0) is 11.0 Å². The van der Waals surface area contributed by atoms with Crippen molar-refractivity contribution in [3.8, 4) is 0 Å². The fourth-order valence-corrected chi connectivity index (χ4v) is 4.70. The van der Waals surface area contributed by atoms with Crippen LogP contribution in [0.5, 0.6) is 0 Å². The molecule has 2 aliphatic heterocycles. The number of aromatic nitrogens is 1. The number of urea groups is 1. The third-order valence-corrected chi connectivity index (χ3v) is 6.93. The van der Waals surface area contributed by atoms with Crippen LogP contribution in [0.2, 0.25) is 5.02 Å².